The van der Waals surface area contributed by atoms with Gasteiger partial charge in [-0.25, -0.2) is 13.4 Å². The van der Waals surface area contributed by atoms with Gasteiger partial charge in [-0.05, 0) is 18.1 Å². The van der Waals surface area contributed by atoms with E-state index in [4.69, 9.17) is 5.73 Å². The first-order chi connectivity index (χ1) is 8.25. The van der Waals surface area contributed by atoms with Crippen molar-refractivity contribution in [2.75, 3.05) is 18.8 Å². The summed E-state index contributed by atoms with van der Waals surface area (Å²) in [6.45, 7) is 3.98. The van der Waals surface area contributed by atoms with Crippen LogP contribution in [-0.2, 0) is 10.0 Å². The molecule has 0 amide bonds. The molecule has 1 aromatic rings. The minimum atomic E-state index is -3.57. The van der Waals surface area contributed by atoms with Gasteiger partial charge in [0.15, 0.2) is 0 Å². The molecule has 1 aromatic heterocycles. The molecule has 2 rings (SSSR count). The number of sulfonamides is 1. The highest BCUT2D eigenvalue weighted by atomic mass is 32.2. The van der Waals surface area contributed by atoms with Gasteiger partial charge in [-0.3, -0.25) is 0 Å². The Morgan fingerprint density at radius 2 is 2.06 bits per heavy atom. The van der Waals surface area contributed by atoms with Crippen molar-refractivity contribution in [1.82, 2.24) is 9.29 Å². The molecular formula is C11H17N3O3S. The Bertz CT molecular complexity index is 533. The summed E-state index contributed by atoms with van der Waals surface area (Å²) < 4.78 is 25.6. The van der Waals surface area contributed by atoms with Gasteiger partial charge in [-0.2, -0.15) is 4.31 Å². The third kappa shape index (κ3) is 2.09. The SMILES string of the molecule is CC(C)C1(O)CN(S(=O)(=O)c2ccc(N)nc2)C1. The molecule has 18 heavy (non-hydrogen) atoms. The topological polar surface area (TPSA) is 96.5 Å². The highest BCUT2D eigenvalue weighted by molar-refractivity contribution is 7.89. The summed E-state index contributed by atoms with van der Waals surface area (Å²) in [5.41, 5.74) is 4.49. The summed E-state index contributed by atoms with van der Waals surface area (Å²) in [5, 5.41) is 10.1. The third-order valence-corrected chi connectivity index (χ3v) is 5.15. The van der Waals surface area contributed by atoms with E-state index in [1.165, 1.54) is 22.6 Å². The lowest BCUT2D eigenvalue weighted by molar-refractivity contribution is -0.0932. The predicted octanol–water partition coefficient (Wildman–Crippen LogP) is 0.0552. The number of nitrogens with zero attached hydrogens (tertiary/aromatic N) is 2. The molecule has 0 atom stereocenters. The molecule has 100 valence electrons. The summed E-state index contributed by atoms with van der Waals surface area (Å²) in [6.07, 6.45) is 1.23. The van der Waals surface area contributed by atoms with Crippen LogP contribution in [-0.4, -0.2) is 41.5 Å². The molecular weight excluding hydrogens is 254 g/mol. The number of aromatic nitrogens is 1. The summed E-state index contributed by atoms with van der Waals surface area (Å²) in [7, 11) is -3.57. The van der Waals surface area contributed by atoms with Crippen molar-refractivity contribution in [3.63, 3.8) is 0 Å². The van der Waals surface area contributed by atoms with Crippen LogP contribution in [0.15, 0.2) is 23.2 Å². The fourth-order valence-corrected chi connectivity index (χ4v) is 3.30. The minimum Gasteiger partial charge on any atom is -0.387 e. The first kappa shape index (κ1) is 13.3. The maximum Gasteiger partial charge on any atom is 0.244 e. The van der Waals surface area contributed by atoms with Gasteiger partial charge in [0.25, 0.3) is 0 Å². The van der Waals surface area contributed by atoms with E-state index in [1.807, 2.05) is 13.8 Å². The fraction of sp³-hybridized carbons (Fsp3) is 0.545. The van der Waals surface area contributed by atoms with Crippen LogP contribution in [0.25, 0.3) is 0 Å². The van der Waals surface area contributed by atoms with Crippen LogP contribution in [0.1, 0.15) is 13.8 Å². The molecule has 3 N–H and O–H groups in total. The van der Waals surface area contributed by atoms with Gasteiger partial charge in [0.1, 0.15) is 10.7 Å². The Morgan fingerprint density at radius 3 is 2.50 bits per heavy atom. The average molecular weight is 271 g/mol. The maximum atomic E-state index is 12.2. The molecule has 0 radical (unpaired) electrons. The number of nitrogens with two attached hydrogens (primary N) is 1. The second kappa shape index (κ2) is 4.18. The van der Waals surface area contributed by atoms with Gasteiger partial charge in [-0.1, -0.05) is 13.8 Å². The van der Waals surface area contributed by atoms with Crippen molar-refractivity contribution < 1.29 is 13.5 Å². The second-order valence-electron chi connectivity index (χ2n) is 4.95. The van der Waals surface area contributed by atoms with Crippen LogP contribution in [0.4, 0.5) is 5.82 Å². The van der Waals surface area contributed by atoms with Gasteiger partial charge in [0, 0.05) is 19.3 Å². The standard InChI is InChI=1S/C11H17N3O3S/c1-8(2)11(15)6-14(7-11)18(16,17)9-3-4-10(12)13-5-9/h3-5,8,15H,6-7H2,1-2H3,(H2,12,13). The van der Waals surface area contributed by atoms with Crippen LogP contribution >= 0.6 is 0 Å². The number of rotatable bonds is 3. The van der Waals surface area contributed by atoms with Crippen molar-refractivity contribution in [2.24, 2.45) is 5.92 Å². The normalized spacial score (nSPS) is 19.8. The van der Waals surface area contributed by atoms with E-state index in [1.54, 1.807) is 0 Å². The molecule has 0 saturated carbocycles. The lowest BCUT2D eigenvalue weighted by Gasteiger charge is -2.47. The molecule has 0 aliphatic carbocycles. The molecule has 1 saturated heterocycles. The number of hydrogen-bond acceptors (Lipinski definition) is 5. The van der Waals surface area contributed by atoms with Gasteiger partial charge in [-0.15, -0.1) is 0 Å². The largest absolute Gasteiger partial charge is 0.387 e. The summed E-state index contributed by atoms with van der Waals surface area (Å²) in [4.78, 5) is 3.87. The molecule has 1 aliphatic heterocycles. The smallest absolute Gasteiger partial charge is 0.244 e. The molecule has 0 unspecified atom stereocenters. The van der Waals surface area contributed by atoms with Gasteiger partial charge in [0.05, 0.1) is 5.60 Å². The van der Waals surface area contributed by atoms with Crippen molar-refractivity contribution in [3.8, 4) is 0 Å². The lowest BCUT2D eigenvalue weighted by atomic mass is 9.85. The highest BCUT2D eigenvalue weighted by Gasteiger charge is 2.49. The monoisotopic (exact) mass is 271 g/mol. The zero-order chi connectivity index (χ0) is 13.6. The Kier molecular flexibility index (Phi) is 3.08. The van der Waals surface area contributed by atoms with Gasteiger partial charge in [0.2, 0.25) is 10.0 Å². The highest BCUT2D eigenvalue weighted by Crippen LogP contribution is 2.32. The number of nitrogen functional groups attached to an aromatic ring is 1. The number of β-amino-alcohol motifs (C(OH)–C–C–N with tert-alkyl or cyclic N) is 1. The van der Waals surface area contributed by atoms with Crippen molar-refractivity contribution in [1.29, 1.82) is 0 Å². The Balaban J connectivity index is 2.18. The van der Waals surface area contributed by atoms with Crippen LogP contribution < -0.4 is 5.73 Å². The van der Waals surface area contributed by atoms with Crippen LogP contribution in [0.2, 0.25) is 0 Å². The van der Waals surface area contributed by atoms with E-state index in [2.05, 4.69) is 4.98 Å². The molecule has 1 aliphatic rings. The van der Waals surface area contributed by atoms with E-state index in [0.717, 1.165) is 0 Å². The first-order valence-electron chi connectivity index (χ1n) is 5.70. The van der Waals surface area contributed by atoms with Gasteiger partial charge < -0.3 is 10.8 Å². The van der Waals surface area contributed by atoms with E-state index in [-0.39, 0.29) is 29.7 Å². The molecule has 0 spiro atoms. The second-order valence-corrected chi connectivity index (χ2v) is 6.89. The molecule has 2 heterocycles. The Morgan fingerprint density at radius 1 is 1.44 bits per heavy atom. The number of aliphatic hydroxyl groups is 1. The van der Waals surface area contributed by atoms with Crippen LogP contribution in [0.5, 0.6) is 0 Å². The van der Waals surface area contributed by atoms with Crippen molar-refractivity contribution >= 4 is 15.8 Å². The van der Waals surface area contributed by atoms with E-state index in [9.17, 15) is 13.5 Å². The quantitative estimate of drug-likeness (QED) is 0.810. The summed E-state index contributed by atoms with van der Waals surface area (Å²) >= 11 is 0. The van der Waals surface area contributed by atoms with Crippen molar-refractivity contribution in [2.45, 2.75) is 24.3 Å². The predicted molar refractivity (Wildman–Crippen MR) is 67.2 cm³/mol. The first-order valence-corrected chi connectivity index (χ1v) is 7.14. The number of pyridine rings is 1. The van der Waals surface area contributed by atoms with E-state index in [0.29, 0.717) is 0 Å². The zero-order valence-electron chi connectivity index (χ0n) is 10.4. The Labute approximate surface area is 106 Å². The van der Waals surface area contributed by atoms with E-state index >= 15 is 0 Å². The molecule has 7 heteroatoms. The van der Waals surface area contributed by atoms with Crippen LogP contribution in [0, 0.1) is 5.92 Å². The maximum absolute atomic E-state index is 12.2. The Hall–Kier alpha value is -1.18. The molecule has 0 aromatic carbocycles. The summed E-state index contributed by atoms with van der Waals surface area (Å²) in [6, 6.07) is 2.87. The number of anilines is 1. The molecule has 1 fully saturated rings. The molecule has 0 bridgehead atoms. The number of hydrogen-bond donors (Lipinski definition) is 2. The lowest BCUT2D eigenvalue weighted by Crippen LogP contribution is -2.65. The molecule has 6 nitrogen and oxygen atoms in total. The van der Waals surface area contributed by atoms with Gasteiger partial charge >= 0.3 is 0 Å². The zero-order valence-corrected chi connectivity index (χ0v) is 11.2. The summed E-state index contributed by atoms with van der Waals surface area (Å²) in [5.74, 6) is 0.296. The van der Waals surface area contributed by atoms with E-state index < -0.39 is 15.6 Å². The average Bonchev–Trinajstić information content (AvgIpc) is 2.25. The van der Waals surface area contributed by atoms with Crippen molar-refractivity contribution in [3.05, 3.63) is 18.3 Å². The fourth-order valence-electron chi connectivity index (χ4n) is 1.79. The van der Waals surface area contributed by atoms with Crippen LogP contribution in [0.3, 0.4) is 0 Å². The minimum absolute atomic E-state index is 0.0218. The third-order valence-electron chi connectivity index (χ3n) is 3.37.